The number of fused-ring (bicyclic) bond motifs is 1. The second kappa shape index (κ2) is 5.81. The molecule has 3 atom stereocenters. The molecule has 2 rings (SSSR count). The van der Waals surface area contributed by atoms with Crippen molar-refractivity contribution >= 4 is 15.9 Å². The Bertz CT molecular complexity index is 452. The summed E-state index contributed by atoms with van der Waals surface area (Å²) in [5.41, 5.74) is 0.917. The Morgan fingerprint density at radius 1 is 1.58 bits per heavy atom. The van der Waals surface area contributed by atoms with Crippen molar-refractivity contribution < 1.29 is 9.47 Å². The lowest BCUT2D eigenvalue weighted by Crippen LogP contribution is -2.49. The quantitative estimate of drug-likeness (QED) is 0.915. The van der Waals surface area contributed by atoms with Crippen LogP contribution in [0.1, 0.15) is 38.8 Å². The molecule has 19 heavy (non-hydrogen) atoms. The molecule has 0 fully saturated rings. The minimum absolute atomic E-state index is 0.0424. The molecule has 1 aliphatic rings. The van der Waals surface area contributed by atoms with Gasteiger partial charge >= 0.3 is 0 Å². The van der Waals surface area contributed by atoms with E-state index in [2.05, 4.69) is 54.2 Å². The normalized spacial score (nSPS) is 27.5. The van der Waals surface area contributed by atoms with Crippen LogP contribution >= 0.6 is 15.9 Å². The summed E-state index contributed by atoms with van der Waals surface area (Å²) in [5.74, 6) is 0.943. The Kier molecular flexibility index (Phi) is 4.54. The van der Waals surface area contributed by atoms with Gasteiger partial charge in [-0.3, -0.25) is 0 Å². The van der Waals surface area contributed by atoms with Crippen molar-refractivity contribution in [3.05, 3.63) is 28.2 Å². The molecule has 0 radical (unpaired) electrons. The van der Waals surface area contributed by atoms with E-state index in [1.54, 1.807) is 7.11 Å². The molecule has 1 aromatic rings. The SMILES string of the molecule is CCNC1CC(C)(C(C)OC)Oc2cc(Br)ccc21. The fourth-order valence-corrected chi connectivity index (χ4v) is 2.96. The highest BCUT2D eigenvalue weighted by Gasteiger charge is 2.41. The highest BCUT2D eigenvalue weighted by Crippen LogP contribution is 2.42. The van der Waals surface area contributed by atoms with Crippen LogP contribution in [-0.4, -0.2) is 25.4 Å². The van der Waals surface area contributed by atoms with Crippen LogP contribution in [0.4, 0.5) is 0 Å². The zero-order valence-electron chi connectivity index (χ0n) is 12.0. The van der Waals surface area contributed by atoms with Crippen LogP contribution in [-0.2, 0) is 4.74 Å². The Morgan fingerprint density at radius 2 is 2.32 bits per heavy atom. The fraction of sp³-hybridized carbons (Fsp3) is 0.600. The van der Waals surface area contributed by atoms with E-state index in [0.29, 0.717) is 6.04 Å². The van der Waals surface area contributed by atoms with Crippen molar-refractivity contribution in [3.8, 4) is 5.75 Å². The van der Waals surface area contributed by atoms with Crippen molar-refractivity contribution in [1.29, 1.82) is 0 Å². The number of rotatable bonds is 4. The Hall–Kier alpha value is -0.580. The topological polar surface area (TPSA) is 30.5 Å². The first kappa shape index (κ1) is 14.8. The minimum Gasteiger partial charge on any atom is -0.484 e. The number of hydrogen-bond acceptors (Lipinski definition) is 3. The van der Waals surface area contributed by atoms with Crippen LogP contribution in [0.3, 0.4) is 0 Å². The zero-order chi connectivity index (χ0) is 14.0. The number of methoxy groups -OCH3 is 1. The van der Waals surface area contributed by atoms with Gasteiger partial charge in [-0.05, 0) is 32.5 Å². The Balaban J connectivity index is 2.38. The van der Waals surface area contributed by atoms with Crippen molar-refractivity contribution in [2.45, 2.75) is 44.9 Å². The maximum absolute atomic E-state index is 6.23. The van der Waals surface area contributed by atoms with Crippen LogP contribution in [0, 0.1) is 0 Å². The minimum atomic E-state index is -0.310. The summed E-state index contributed by atoms with van der Waals surface area (Å²) >= 11 is 3.51. The molecule has 0 saturated carbocycles. The van der Waals surface area contributed by atoms with E-state index in [1.807, 2.05) is 6.07 Å². The van der Waals surface area contributed by atoms with Crippen LogP contribution in [0.15, 0.2) is 22.7 Å². The number of hydrogen-bond donors (Lipinski definition) is 1. The van der Waals surface area contributed by atoms with E-state index in [0.717, 1.165) is 23.2 Å². The summed E-state index contributed by atoms with van der Waals surface area (Å²) in [7, 11) is 1.73. The van der Waals surface area contributed by atoms with Crippen LogP contribution in [0.25, 0.3) is 0 Å². The highest BCUT2D eigenvalue weighted by atomic mass is 79.9. The summed E-state index contributed by atoms with van der Waals surface area (Å²) in [6, 6.07) is 6.54. The first-order chi connectivity index (χ1) is 9.00. The molecule has 4 heteroatoms. The molecule has 0 amide bonds. The molecule has 1 aliphatic heterocycles. The smallest absolute Gasteiger partial charge is 0.134 e. The van der Waals surface area contributed by atoms with E-state index in [1.165, 1.54) is 5.56 Å². The number of benzene rings is 1. The first-order valence-corrected chi connectivity index (χ1v) is 7.54. The van der Waals surface area contributed by atoms with Crippen LogP contribution in [0.5, 0.6) is 5.75 Å². The van der Waals surface area contributed by atoms with Crippen molar-refractivity contribution in [1.82, 2.24) is 5.32 Å². The second-order valence-electron chi connectivity index (χ2n) is 5.29. The maximum atomic E-state index is 6.23. The van der Waals surface area contributed by atoms with Crippen molar-refractivity contribution in [3.63, 3.8) is 0 Å². The van der Waals surface area contributed by atoms with Gasteiger partial charge in [-0.1, -0.05) is 28.9 Å². The first-order valence-electron chi connectivity index (χ1n) is 6.75. The molecule has 0 spiro atoms. The van der Waals surface area contributed by atoms with Crippen molar-refractivity contribution in [2.24, 2.45) is 0 Å². The molecule has 3 nitrogen and oxygen atoms in total. The fourth-order valence-electron chi connectivity index (χ4n) is 2.62. The Labute approximate surface area is 123 Å². The van der Waals surface area contributed by atoms with E-state index < -0.39 is 0 Å². The van der Waals surface area contributed by atoms with Gasteiger partial charge in [0.25, 0.3) is 0 Å². The van der Waals surface area contributed by atoms with Gasteiger partial charge in [0.05, 0.1) is 6.10 Å². The average Bonchev–Trinajstić information content (AvgIpc) is 2.37. The predicted molar refractivity (Wildman–Crippen MR) is 80.7 cm³/mol. The van der Waals surface area contributed by atoms with Gasteiger partial charge < -0.3 is 14.8 Å². The lowest BCUT2D eigenvalue weighted by atomic mass is 9.85. The molecule has 1 heterocycles. The molecule has 0 bridgehead atoms. The summed E-state index contributed by atoms with van der Waals surface area (Å²) in [6.45, 7) is 7.25. The highest BCUT2D eigenvalue weighted by molar-refractivity contribution is 9.10. The van der Waals surface area contributed by atoms with Gasteiger partial charge in [-0.15, -0.1) is 0 Å². The predicted octanol–water partition coefficient (Wildman–Crippen LogP) is 3.68. The molecule has 106 valence electrons. The lowest BCUT2D eigenvalue weighted by molar-refractivity contribution is -0.0731. The maximum Gasteiger partial charge on any atom is 0.134 e. The van der Waals surface area contributed by atoms with Gasteiger partial charge in [-0.2, -0.15) is 0 Å². The average molecular weight is 328 g/mol. The standard InChI is InChI=1S/C15H22BrNO2/c1-5-17-13-9-15(3,10(2)18-4)19-14-8-11(16)6-7-12(13)14/h6-8,10,13,17H,5,9H2,1-4H3. The molecule has 1 aromatic carbocycles. The second-order valence-corrected chi connectivity index (χ2v) is 6.20. The molecule has 0 aromatic heterocycles. The van der Waals surface area contributed by atoms with E-state index in [-0.39, 0.29) is 11.7 Å². The van der Waals surface area contributed by atoms with E-state index in [9.17, 15) is 0 Å². The molecule has 3 unspecified atom stereocenters. The Morgan fingerprint density at radius 3 is 2.95 bits per heavy atom. The number of nitrogens with one attached hydrogen (secondary N) is 1. The van der Waals surface area contributed by atoms with Gasteiger partial charge in [0.2, 0.25) is 0 Å². The summed E-state index contributed by atoms with van der Waals surface area (Å²) in [4.78, 5) is 0. The summed E-state index contributed by atoms with van der Waals surface area (Å²) in [5, 5.41) is 3.54. The van der Waals surface area contributed by atoms with Crippen LogP contribution < -0.4 is 10.1 Å². The van der Waals surface area contributed by atoms with E-state index in [4.69, 9.17) is 9.47 Å². The van der Waals surface area contributed by atoms with Crippen molar-refractivity contribution in [2.75, 3.05) is 13.7 Å². The summed E-state index contributed by atoms with van der Waals surface area (Å²) < 4.78 is 12.8. The third-order valence-corrected chi connectivity index (χ3v) is 4.46. The molecular formula is C15H22BrNO2. The molecule has 0 saturated heterocycles. The number of halogens is 1. The van der Waals surface area contributed by atoms with E-state index >= 15 is 0 Å². The molecular weight excluding hydrogens is 306 g/mol. The third-order valence-electron chi connectivity index (χ3n) is 3.97. The monoisotopic (exact) mass is 327 g/mol. The van der Waals surface area contributed by atoms with Gasteiger partial charge in [-0.25, -0.2) is 0 Å². The number of ether oxygens (including phenoxy) is 2. The molecule has 1 N–H and O–H groups in total. The van der Waals surface area contributed by atoms with Gasteiger partial charge in [0, 0.05) is 29.6 Å². The van der Waals surface area contributed by atoms with Gasteiger partial charge in [0.15, 0.2) is 0 Å². The largest absolute Gasteiger partial charge is 0.484 e. The van der Waals surface area contributed by atoms with Gasteiger partial charge in [0.1, 0.15) is 11.4 Å². The zero-order valence-corrected chi connectivity index (χ0v) is 13.6. The van der Waals surface area contributed by atoms with Crippen LogP contribution in [0.2, 0.25) is 0 Å². The summed E-state index contributed by atoms with van der Waals surface area (Å²) in [6.07, 6.45) is 0.950. The lowest BCUT2D eigenvalue weighted by Gasteiger charge is -2.43. The third kappa shape index (κ3) is 2.96. The molecule has 0 aliphatic carbocycles.